The van der Waals surface area contributed by atoms with Crippen LogP contribution in [0.5, 0.6) is 0 Å². The number of carbonyl (C=O) groups excluding carboxylic acids is 2. The number of fused-ring (bicyclic) bond motifs is 1. The van der Waals surface area contributed by atoms with Gasteiger partial charge < -0.3 is 10.2 Å². The summed E-state index contributed by atoms with van der Waals surface area (Å²) in [5.41, 5.74) is 3.00. The Morgan fingerprint density at radius 3 is 2.58 bits per heavy atom. The lowest BCUT2D eigenvalue weighted by Gasteiger charge is -2.34. The zero-order valence-corrected chi connectivity index (χ0v) is 19.2. The molecule has 3 aromatic rings. The second kappa shape index (κ2) is 10.3. The molecule has 1 aliphatic heterocycles. The third-order valence-electron chi connectivity index (χ3n) is 5.36. The molecule has 0 saturated carbocycles. The summed E-state index contributed by atoms with van der Waals surface area (Å²) >= 11 is 3.13. The predicted molar refractivity (Wildman–Crippen MR) is 128 cm³/mol. The zero-order valence-electron chi connectivity index (χ0n) is 17.5. The Morgan fingerprint density at radius 2 is 1.81 bits per heavy atom. The fraction of sp³-hybridized carbons (Fsp3) is 0.348. The van der Waals surface area contributed by atoms with Gasteiger partial charge in [-0.05, 0) is 30.2 Å². The Morgan fingerprint density at radius 1 is 1.06 bits per heavy atom. The molecule has 8 heteroatoms. The maximum atomic E-state index is 12.6. The van der Waals surface area contributed by atoms with Crippen LogP contribution in [-0.2, 0) is 16.0 Å². The monoisotopic (exact) mass is 454 g/mol. The van der Waals surface area contributed by atoms with Gasteiger partial charge in [0.15, 0.2) is 4.34 Å². The van der Waals surface area contributed by atoms with Crippen molar-refractivity contribution in [3.05, 3.63) is 54.1 Å². The van der Waals surface area contributed by atoms with Gasteiger partial charge in [0.1, 0.15) is 0 Å². The summed E-state index contributed by atoms with van der Waals surface area (Å²) in [6.07, 6.45) is 0.881. The number of thioether (sulfide) groups is 1. The first-order valence-electron chi connectivity index (χ1n) is 10.5. The van der Waals surface area contributed by atoms with E-state index < -0.39 is 0 Å². The minimum atomic E-state index is -0.00734. The molecule has 2 heterocycles. The van der Waals surface area contributed by atoms with Gasteiger partial charge in [0.25, 0.3) is 0 Å². The number of nitrogens with one attached hydrogen (secondary N) is 1. The highest BCUT2D eigenvalue weighted by Gasteiger charge is 2.23. The number of thiazole rings is 1. The molecule has 0 unspecified atom stereocenters. The minimum absolute atomic E-state index is 0.00734. The van der Waals surface area contributed by atoms with Gasteiger partial charge in [0.05, 0.1) is 22.5 Å². The highest BCUT2D eigenvalue weighted by Crippen LogP contribution is 2.29. The van der Waals surface area contributed by atoms with Crippen LogP contribution in [0, 0.1) is 0 Å². The molecule has 1 N–H and O–H groups in total. The minimum Gasteiger partial charge on any atom is -0.339 e. The van der Waals surface area contributed by atoms with Gasteiger partial charge >= 0.3 is 0 Å². The lowest BCUT2D eigenvalue weighted by molar-refractivity contribution is -0.130. The van der Waals surface area contributed by atoms with Crippen molar-refractivity contribution in [3.8, 4) is 0 Å². The number of amides is 2. The number of hydrogen-bond acceptors (Lipinski definition) is 6. The maximum absolute atomic E-state index is 12.6. The molecule has 31 heavy (non-hydrogen) atoms. The Kier molecular flexibility index (Phi) is 7.21. The van der Waals surface area contributed by atoms with Crippen molar-refractivity contribution in [1.82, 2.24) is 14.8 Å². The van der Waals surface area contributed by atoms with Gasteiger partial charge in [-0.3, -0.25) is 14.5 Å². The lowest BCUT2D eigenvalue weighted by Crippen LogP contribution is -2.50. The highest BCUT2D eigenvalue weighted by atomic mass is 32.2. The number of hydrogen-bond donors (Lipinski definition) is 1. The van der Waals surface area contributed by atoms with Crippen LogP contribution in [0.3, 0.4) is 0 Å². The van der Waals surface area contributed by atoms with E-state index in [2.05, 4.69) is 28.2 Å². The standard InChI is InChI=1S/C23H26N4O2S2/c1-2-17-7-3-4-8-18(17)24-21(28)15-26-11-13-27(14-12-26)22(29)16-30-23-25-19-9-5-6-10-20(19)31-23/h3-10H,2,11-16H2,1H3,(H,24,28). The Labute approximate surface area is 190 Å². The highest BCUT2D eigenvalue weighted by molar-refractivity contribution is 8.01. The molecule has 1 saturated heterocycles. The van der Waals surface area contributed by atoms with Gasteiger partial charge in [-0.15, -0.1) is 11.3 Å². The fourth-order valence-corrected chi connectivity index (χ4v) is 5.60. The molecule has 0 radical (unpaired) electrons. The number of piperazine rings is 1. The van der Waals surface area contributed by atoms with Crippen molar-refractivity contribution in [3.63, 3.8) is 0 Å². The summed E-state index contributed by atoms with van der Waals surface area (Å²) < 4.78 is 2.07. The van der Waals surface area contributed by atoms with Crippen LogP contribution < -0.4 is 5.32 Å². The first-order chi connectivity index (χ1) is 15.1. The molecule has 1 fully saturated rings. The number of carbonyl (C=O) groups is 2. The molecular formula is C23H26N4O2S2. The topological polar surface area (TPSA) is 65.5 Å². The molecule has 1 aromatic heterocycles. The summed E-state index contributed by atoms with van der Waals surface area (Å²) in [5.74, 6) is 0.519. The summed E-state index contributed by atoms with van der Waals surface area (Å²) in [5, 5.41) is 3.02. The summed E-state index contributed by atoms with van der Waals surface area (Å²) in [6, 6.07) is 15.9. The first-order valence-corrected chi connectivity index (χ1v) is 12.3. The molecule has 0 aliphatic carbocycles. The molecule has 1 aliphatic rings. The van der Waals surface area contributed by atoms with E-state index in [9.17, 15) is 9.59 Å². The van der Waals surface area contributed by atoms with E-state index in [1.807, 2.05) is 47.4 Å². The van der Waals surface area contributed by atoms with Crippen LogP contribution in [0.2, 0.25) is 0 Å². The Hall–Kier alpha value is -2.42. The van der Waals surface area contributed by atoms with Crippen LogP contribution in [0.25, 0.3) is 10.2 Å². The third kappa shape index (κ3) is 5.64. The van der Waals surface area contributed by atoms with Gasteiger partial charge in [-0.25, -0.2) is 4.98 Å². The summed E-state index contributed by atoms with van der Waals surface area (Å²) in [7, 11) is 0. The average molecular weight is 455 g/mol. The normalized spacial score (nSPS) is 14.7. The van der Waals surface area contributed by atoms with E-state index >= 15 is 0 Å². The van der Waals surface area contributed by atoms with Crippen molar-refractivity contribution in [2.75, 3.05) is 43.8 Å². The van der Waals surface area contributed by atoms with Crippen LogP contribution in [0.4, 0.5) is 5.69 Å². The van der Waals surface area contributed by atoms with Gasteiger partial charge in [-0.2, -0.15) is 0 Å². The fourth-order valence-electron chi connectivity index (χ4n) is 3.63. The molecule has 162 valence electrons. The van der Waals surface area contributed by atoms with E-state index in [0.29, 0.717) is 38.5 Å². The third-order valence-corrected chi connectivity index (χ3v) is 7.52. The zero-order chi connectivity index (χ0) is 21.6. The summed E-state index contributed by atoms with van der Waals surface area (Å²) in [4.78, 5) is 33.6. The van der Waals surface area contributed by atoms with E-state index in [1.54, 1.807) is 11.3 Å². The molecule has 0 spiro atoms. The largest absolute Gasteiger partial charge is 0.339 e. The van der Waals surface area contributed by atoms with Crippen molar-refractivity contribution >= 4 is 50.8 Å². The van der Waals surface area contributed by atoms with Crippen molar-refractivity contribution < 1.29 is 9.59 Å². The quantitative estimate of drug-likeness (QED) is 0.551. The molecular weight excluding hydrogens is 428 g/mol. The summed E-state index contributed by atoms with van der Waals surface area (Å²) in [6.45, 7) is 5.15. The smallest absolute Gasteiger partial charge is 0.238 e. The van der Waals surface area contributed by atoms with E-state index in [1.165, 1.54) is 11.8 Å². The van der Waals surface area contributed by atoms with Gasteiger partial charge in [-0.1, -0.05) is 49.0 Å². The number of aromatic nitrogens is 1. The number of para-hydroxylation sites is 2. The van der Waals surface area contributed by atoms with Crippen molar-refractivity contribution in [1.29, 1.82) is 0 Å². The van der Waals surface area contributed by atoms with Crippen LogP contribution in [0.15, 0.2) is 52.9 Å². The molecule has 6 nitrogen and oxygen atoms in total. The Balaban J connectivity index is 1.21. The van der Waals surface area contributed by atoms with Crippen molar-refractivity contribution in [2.45, 2.75) is 17.7 Å². The van der Waals surface area contributed by atoms with Gasteiger partial charge in [0.2, 0.25) is 11.8 Å². The number of benzene rings is 2. The van der Waals surface area contributed by atoms with E-state index in [-0.39, 0.29) is 11.8 Å². The SMILES string of the molecule is CCc1ccccc1NC(=O)CN1CCN(C(=O)CSc2nc3ccccc3s2)CC1. The van der Waals surface area contributed by atoms with E-state index in [4.69, 9.17) is 0 Å². The first kappa shape index (κ1) is 21.8. The number of aryl methyl sites for hydroxylation is 1. The second-order valence-corrected chi connectivity index (χ2v) is 9.71. The van der Waals surface area contributed by atoms with Crippen LogP contribution in [0.1, 0.15) is 12.5 Å². The number of anilines is 1. The maximum Gasteiger partial charge on any atom is 0.238 e. The molecule has 0 atom stereocenters. The molecule has 2 amide bonds. The van der Waals surface area contributed by atoms with Crippen molar-refractivity contribution in [2.24, 2.45) is 0 Å². The van der Waals surface area contributed by atoms with Crippen LogP contribution >= 0.6 is 23.1 Å². The molecule has 0 bridgehead atoms. The molecule has 4 rings (SSSR count). The Bertz CT molecular complexity index is 1030. The predicted octanol–water partition coefficient (Wildman–Crippen LogP) is 3.73. The average Bonchev–Trinajstić information content (AvgIpc) is 3.21. The molecule has 2 aromatic carbocycles. The number of nitrogens with zero attached hydrogens (tertiary/aromatic N) is 3. The van der Waals surface area contributed by atoms with Crippen LogP contribution in [-0.4, -0.2) is 65.1 Å². The lowest BCUT2D eigenvalue weighted by atomic mass is 10.1. The van der Waals surface area contributed by atoms with E-state index in [0.717, 1.165) is 32.2 Å². The van der Waals surface area contributed by atoms with Gasteiger partial charge in [0, 0.05) is 31.9 Å². The second-order valence-electron chi connectivity index (χ2n) is 7.45. The number of rotatable bonds is 7.